The minimum Gasteiger partial charge on any atom is -0.323 e. The van der Waals surface area contributed by atoms with Crippen molar-refractivity contribution in [1.82, 2.24) is 9.74 Å². The summed E-state index contributed by atoms with van der Waals surface area (Å²) in [4.78, 5) is 21.6. The van der Waals surface area contributed by atoms with Crippen molar-refractivity contribution in [3.63, 3.8) is 0 Å². The summed E-state index contributed by atoms with van der Waals surface area (Å²) in [5.74, 6) is -0.417. The van der Waals surface area contributed by atoms with Crippen LogP contribution >= 0.6 is 11.8 Å². The molecular weight excluding hydrogens is 156 g/mol. The summed E-state index contributed by atoms with van der Waals surface area (Å²) in [6.45, 7) is 3.19. The third-order valence-electron chi connectivity index (χ3n) is 1.31. The number of nitrogens with one attached hydrogen (secondary N) is 1. The minimum atomic E-state index is -0.848. The predicted molar refractivity (Wildman–Crippen MR) is 35.3 cm³/mol. The van der Waals surface area contributed by atoms with Crippen LogP contribution in [0, 0.1) is 0 Å². The van der Waals surface area contributed by atoms with E-state index in [2.05, 4.69) is 5.32 Å². The highest BCUT2D eigenvalue weighted by atomic mass is 35.5. The lowest BCUT2D eigenvalue weighted by Gasteiger charge is -2.11. The monoisotopic (exact) mass is 162 g/mol. The van der Waals surface area contributed by atoms with E-state index in [0.717, 1.165) is 0 Å². The zero-order valence-corrected chi connectivity index (χ0v) is 6.40. The Bertz CT molecular complexity index is 202. The van der Waals surface area contributed by atoms with Crippen molar-refractivity contribution in [1.29, 1.82) is 0 Å². The molecule has 1 N–H and O–H groups in total. The fraction of sp³-hybridized carbons (Fsp3) is 0.600. The summed E-state index contributed by atoms with van der Waals surface area (Å²) in [5.41, 5.74) is -0.848. The molecule has 1 aliphatic heterocycles. The third kappa shape index (κ3) is 0.844. The Balaban J connectivity index is 2.92. The van der Waals surface area contributed by atoms with Gasteiger partial charge in [-0.3, -0.25) is 4.79 Å². The Morgan fingerprint density at radius 3 is 2.10 bits per heavy atom. The summed E-state index contributed by atoms with van der Waals surface area (Å²) in [6, 6.07) is -0.559. The van der Waals surface area contributed by atoms with E-state index in [-0.39, 0.29) is 0 Å². The molecule has 1 rings (SSSR count). The number of nitrogens with zero attached hydrogens (tertiary/aromatic N) is 1. The molecule has 0 radical (unpaired) electrons. The van der Waals surface area contributed by atoms with E-state index < -0.39 is 17.5 Å². The maximum atomic E-state index is 10.9. The molecule has 1 saturated heterocycles. The van der Waals surface area contributed by atoms with E-state index >= 15 is 0 Å². The molecule has 0 atom stereocenters. The molecule has 0 bridgehead atoms. The second kappa shape index (κ2) is 1.85. The van der Waals surface area contributed by atoms with E-state index in [9.17, 15) is 9.59 Å². The molecule has 0 saturated carbocycles. The van der Waals surface area contributed by atoms with Gasteiger partial charge in [0, 0.05) is 11.8 Å². The Labute approximate surface area is 63.2 Å². The van der Waals surface area contributed by atoms with E-state index in [1.165, 1.54) is 0 Å². The van der Waals surface area contributed by atoms with Gasteiger partial charge in [0.15, 0.2) is 0 Å². The molecule has 0 unspecified atom stereocenters. The van der Waals surface area contributed by atoms with Crippen molar-refractivity contribution in [2.75, 3.05) is 0 Å². The van der Waals surface area contributed by atoms with E-state index in [1.807, 2.05) is 0 Å². The first-order valence-corrected chi connectivity index (χ1v) is 3.11. The molecule has 1 fully saturated rings. The third-order valence-corrected chi connectivity index (χ3v) is 1.62. The van der Waals surface area contributed by atoms with Crippen molar-refractivity contribution >= 4 is 23.7 Å². The smallest absolute Gasteiger partial charge is 0.323 e. The fourth-order valence-corrected chi connectivity index (χ4v) is 0.961. The van der Waals surface area contributed by atoms with Crippen LogP contribution in [0.1, 0.15) is 13.8 Å². The predicted octanol–water partition coefficient (Wildman–Crippen LogP) is 0.471. The average molecular weight is 163 g/mol. The highest BCUT2D eigenvalue weighted by molar-refractivity contribution is 6.33. The molecule has 0 aromatic carbocycles. The number of carbonyl (C=O) groups excluding carboxylic acids is 2. The molecule has 56 valence electrons. The number of amides is 3. The molecule has 10 heavy (non-hydrogen) atoms. The molecule has 1 aliphatic rings. The Morgan fingerprint density at radius 1 is 1.50 bits per heavy atom. The largest absolute Gasteiger partial charge is 0.340 e. The summed E-state index contributed by atoms with van der Waals surface area (Å²) in [6.07, 6.45) is 0. The lowest BCUT2D eigenvalue weighted by atomic mass is 10.1. The summed E-state index contributed by atoms with van der Waals surface area (Å²) in [7, 11) is 0. The van der Waals surface area contributed by atoms with Crippen molar-refractivity contribution < 1.29 is 9.59 Å². The number of hydrogen-bond donors (Lipinski definition) is 1. The van der Waals surface area contributed by atoms with Gasteiger partial charge in [-0.2, -0.15) is 4.42 Å². The maximum absolute atomic E-state index is 10.9. The number of urea groups is 1. The van der Waals surface area contributed by atoms with E-state index in [4.69, 9.17) is 11.8 Å². The molecule has 0 aromatic rings. The number of hydrogen-bond acceptors (Lipinski definition) is 2. The average Bonchev–Trinajstić information content (AvgIpc) is 1.95. The number of carbonyl (C=O) groups is 2. The second-order valence-corrected chi connectivity index (χ2v) is 2.98. The van der Waals surface area contributed by atoms with Gasteiger partial charge in [0.2, 0.25) is 0 Å². The fourth-order valence-electron chi connectivity index (χ4n) is 0.708. The highest BCUT2D eigenvalue weighted by Crippen LogP contribution is 2.17. The van der Waals surface area contributed by atoms with Crippen LogP contribution in [0.4, 0.5) is 4.79 Å². The van der Waals surface area contributed by atoms with Crippen LogP contribution in [0.2, 0.25) is 0 Å². The van der Waals surface area contributed by atoms with Gasteiger partial charge < -0.3 is 5.32 Å². The van der Waals surface area contributed by atoms with Gasteiger partial charge in [0.05, 0.1) is 0 Å². The number of halogens is 1. The topological polar surface area (TPSA) is 49.4 Å². The second-order valence-electron chi connectivity index (χ2n) is 2.64. The van der Waals surface area contributed by atoms with Gasteiger partial charge in [-0.25, -0.2) is 4.79 Å². The van der Waals surface area contributed by atoms with Crippen molar-refractivity contribution in [3.8, 4) is 0 Å². The first-order valence-electron chi connectivity index (χ1n) is 2.77. The minimum absolute atomic E-state index is 0.417. The SMILES string of the molecule is CC1(C)NC(=O)N(Cl)C1=O. The Kier molecular flexibility index (Phi) is 1.36. The lowest BCUT2D eigenvalue weighted by molar-refractivity contribution is -0.126. The standard InChI is InChI=1S/C5H7ClN2O2/c1-5(2)3(9)8(6)4(10)7-5/h1-2H3,(H,7,10). The Hall–Kier alpha value is -0.770. The van der Waals surface area contributed by atoms with Gasteiger partial charge in [-0.15, -0.1) is 0 Å². The molecular formula is C5H7ClN2O2. The summed E-state index contributed by atoms with van der Waals surface area (Å²) < 4.78 is 0.556. The van der Waals surface area contributed by atoms with Crippen molar-refractivity contribution in [3.05, 3.63) is 0 Å². The zero-order chi connectivity index (χ0) is 7.94. The van der Waals surface area contributed by atoms with Crippen LogP contribution in [-0.2, 0) is 4.79 Å². The summed E-state index contributed by atoms with van der Waals surface area (Å²) in [5, 5.41) is 2.40. The van der Waals surface area contributed by atoms with Gasteiger partial charge >= 0.3 is 6.03 Å². The Morgan fingerprint density at radius 2 is 2.00 bits per heavy atom. The number of imide groups is 1. The highest BCUT2D eigenvalue weighted by Gasteiger charge is 2.43. The lowest BCUT2D eigenvalue weighted by Crippen LogP contribution is -2.39. The normalized spacial score (nSPS) is 23.3. The molecule has 0 aromatic heterocycles. The van der Waals surface area contributed by atoms with Crippen LogP contribution in [0.5, 0.6) is 0 Å². The quantitative estimate of drug-likeness (QED) is 0.416. The van der Waals surface area contributed by atoms with Gasteiger partial charge in [-0.1, -0.05) is 0 Å². The van der Waals surface area contributed by atoms with Gasteiger partial charge in [0.1, 0.15) is 5.54 Å². The van der Waals surface area contributed by atoms with Crippen molar-refractivity contribution in [2.24, 2.45) is 0 Å². The van der Waals surface area contributed by atoms with Crippen LogP contribution < -0.4 is 5.32 Å². The van der Waals surface area contributed by atoms with E-state index in [1.54, 1.807) is 13.8 Å². The van der Waals surface area contributed by atoms with Gasteiger partial charge in [0.25, 0.3) is 5.91 Å². The molecule has 0 spiro atoms. The molecule has 4 nitrogen and oxygen atoms in total. The van der Waals surface area contributed by atoms with Crippen LogP contribution in [0.15, 0.2) is 0 Å². The molecule has 3 amide bonds. The molecule has 5 heteroatoms. The van der Waals surface area contributed by atoms with E-state index in [0.29, 0.717) is 4.42 Å². The number of rotatable bonds is 0. The van der Waals surface area contributed by atoms with Crippen molar-refractivity contribution in [2.45, 2.75) is 19.4 Å². The van der Waals surface area contributed by atoms with Gasteiger partial charge in [-0.05, 0) is 13.8 Å². The molecule has 1 heterocycles. The molecule has 0 aliphatic carbocycles. The first kappa shape index (κ1) is 7.34. The van der Waals surface area contributed by atoms with Crippen LogP contribution in [0.25, 0.3) is 0 Å². The van der Waals surface area contributed by atoms with Crippen LogP contribution in [-0.4, -0.2) is 21.9 Å². The summed E-state index contributed by atoms with van der Waals surface area (Å²) >= 11 is 5.27. The van der Waals surface area contributed by atoms with Crippen LogP contribution in [0.3, 0.4) is 0 Å². The first-order chi connectivity index (χ1) is 4.45. The maximum Gasteiger partial charge on any atom is 0.340 e. The zero-order valence-electron chi connectivity index (χ0n) is 5.64.